The lowest BCUT2D eigenvalue weighted by atomic mass is 10.0. The molecule has 0 saturated heterocycles. The predicted octanol–water partition coefficient (Wildman–Crippen LogP) is 6.80. The van der Waals surface area contributed by atoms with Crippen LogP contribution >= 0.6 is 0 Å². The van der Waals surface area contributed by atoms with Crippen molar-refractivity contribution in [2.45, 2.75) is 26.7 Å². The molecule has 0 N–H and O–H groups in total. The Balaban J connectivity index is 1.48. The molecule has 0 saturated carbocycles. The Morgan fingerprint density at radius 1 is 0.806 bits per heavy atom. The minimum Gasteiger partial charge on any atom is -0.494 e. The molecule has 3 heteroatoms. The normalized spacial score (nSPS) is 11.3. The fourth-order valence-electron chi connectivity index (χ4n) is 4.13. The molecule has 31 heavy (non-hydrogen) atoms. The van der Waals surface area contributed by atoms with Crippen molar-refractivity contribution in [3.8, 4) is 22.6 Å². The van der Waals surface area contributed by atoms with E-state index in [0.29, 0.717) is 0 Å². The van der Waals surface area contributed by atoms with Crippen LogP contribution in [-0.4, -0.2) is 35.7 Å². The summed E-state index contributed by atoms with van der Waals surface area (Å²) >= 11 is 0. The summed E-state index contributed by atoms with van der Waals surface area (Å²) in [7, 11) is 0. The molecule has 0 radical (unpaired) electrons. The second kappa shape index (κ2) is 10.3. The summed E-state index contributed by atoms with van der Waals surface area (Å²) in [4.78, 5) is 2.46. The summed E-state index contributed by atoms with van der Waals surface area (Å²) < 4.78 is 8.31. The minimum absolute atomic E-state index is 0.768. The lowest BCUT2D eigenvalue weighted by Gasteiger charge is -2.17. The van der Waals surface area contributed by atoms with E-state index in [9.17, 15) is 0 Å². The summed E-state index contributed by atoms with van der Waals surface area (Å²) in [5, 5.41) is 1.20. The highest BCUT2D eigenvalue weighted by Gasteiger charge is 2.10. The van der Waals surface area contributed by atoms with Crippen LogP contribution in [0.1, 0.15) is 26.7 Å². The number of rotatable bonds is 10. The second-order valence-corrected chi connectivity index (χ2v) is 7.87. The molecule has 0 amide bonds. The zero-order valence-corrected chi connectivity index (χ0v) is 18.6. The van der Waals surface area contributed by atoms with Gasteiger partial charge in [0, 0.05) is 17.1 Å². The van der Waals surface area contributed by atoms with Crippen LogP contribution in [0.25, 0.3) is 27.7 Å². The molecular formula is C28H32N2O. The van der Waals surface area contributed by atoms with Gasteiger partial charge in [0.25, 0.3) is 0 Å². The monoisotopic (exact) mass is 412 g/mol. The molecule has 0 spiro atoms. The van der Waals surface area contributed by atoms with E-state index in [1.165, 1.54) is 34.1 Å². The quantitative estimate of drug-likeness (QED) is 0.267. The van der Waals surface area contributed by atoms with Gasteiger partial charge in [0.15, 0.2) is 0 Å². The number of nitrogens with zero attached hydrogens (tertiary/aromatic N) is 2. The minimum atomic E-state index is 0.768. The maximum atomic E-state index is 6.04. The van der Waals surface area contributed by atoms with E-state index in [4.69, 9.17) is 4.74 Å². The summed E-state index contributed by atoms with van der Waals surface area (Å²) in [5.41, 5.74) is 4.84. The van der Waals surface area contributed by atoms with Crippen LogP contribution in [0.15, 0.2) is 85.1 Å². The van der Waals surface area contributed by atoms with Gasteiger partial charge in [-0.05, 0) is 68.4 Å². The largest absolute Gasteiger partial charge is 0.494 e. The van der Waals surface area contributed by atoms with E-state index in [1.807, 2.05) is 0 Å². The maximum Gasteiger partial charge on any atom is 0.120 e. The number of hydrogen-bond acceptors (Lipinski definition) is 2. The first kappa shape index (κ1) is 21.2. The molecule has 4 aromatic rings. The van der Waals surface area contributed by atoms with Gasteiger partial charge in [-0.1, -0.05) is 62.4 Å². The van der Waals surface area contributed by atoms with Gasteiger partial charge in [-0.2, -0.15) is 0 Å². The molecule has 3 aromatic carbocycles. The molecule has 0 aliphatic rings. The van der Waals surface area contributed by atoms with Crippen LogP contribution in [0.3, 0.4) is 0 Å². The first-order chi connectivity index (χ1) is 15.3. The average molecular weight is 413 g/mol. The van der Waals surface area contributed by atoms with Crippen LogP contribution in [0, 0.1) is 0 Å². The van der Waals surface area contributed by atoms with Crippen molar-refractivity contribution in [3.05, 3.63) is 85.1 Å². The number of hydrogen-bond donors (Lipinski definition) is 0. The zero-order valence-electron chi connectivity index (χ0n) is 18.6. The van der Waals surface area contributed by atoms with Gasteiger partial charge < -0.3 is 14.2 Å². The Morgan fingerprint density at radius 2 is 1.58 bits per heavy atom. The molecular weight excluding hydrogens is 380 g/mol. The van der Waals surface area contributed by atoms with E-state index >= 15 is 0 Å². The third-order valence-electron chi connectivity index (χ3n) is 5.94. The standard InChI is InChI=1S/C28H32N2O/c1-3-29(4-2)19-10-11-21-31-25-16-17-27-24(22-25)18-20-30(27)28-15-9-8-14-26(28)23-12-6-5-7-13-23/h5-9,12-18,20,22H,3-4,10-11,19,21H2,1-2H3. The Morgan fingerprint density at radius 3 is 2.39 bits per heavy atom. The van der Waals surface area contributed by atoms with E-state index in [-0.39, 0.29) is 0 Å². The maximum absolute atomic E-state index is 6.04. The molecule has 0 unspecified atom stereocenters. The van der Waals surface area contributed by atoms with Crippen molar-refractivity contribution in [1.82, 2.24) is 9.47 Å². The van der Waals surface area contributed by atoms with Crippen LogP contribution in [-0.2, 0) is 0 Å². The molecule has 1 aromatic heterocycles. The summed E-state index contributed by atoms with van der Waals surface area (Å²) in [6, 6.07) is 27.7. The number of ether oxygens (including phenoxy) is 1. The Hall–Kier alpha value is -3.04. The third kappa shape index (κ3) is 5.00. The molecule has 0 aliphatic carbocycles. The van der Waals surface area contributed by atoms with Crippen LogP contribution in [0.5, 0.6) is 5.75 Å². The van der Waals surface area contributed by atoms with Crippen molar-refractivity contribution in [1.29, 1.82) is 0 Å². The Bertz CT molecular complexity index is 1100. The molecule has 0 bridgehead atoms. The fourth-order valence-corrected chi connectivity index (χ4v) is 4.13. The van der Waals surface area contributed by atoms with E-state index in [0.717, 1.165) is 38.4 Å². The molecule has 0 atom stereocenters. The SMILES string of the molecule is CCN(CC)CCCCOc1ccc2c(ccn2-c2ccccc2-c2ccccc2)c1. The fraction of sp³-hybridized carbons (Fsp3) is 0.286. The van der Waals surface area contributed by atoms with E-state index in [2.05, 4.69) is 108 Å². The van der Waals surface area contributed by atoms with Crippen LogP contribution < -0.4 is 4.74 Å². The van der Waals surface area contributed by atoms with Crippen LogP contribution in [0.2, 0.25) is 0 Å². The number of benzene rings is 3. The summed E-state index contributed by atoms with van der Waals surface area (Å²) in [6.07, 6.45) is 4.41. The highest BCUT2D eigenvalue weighted by molar-refractivity contribution is 5.85. The molecule has 0 aliphatic heterocycles. The molecule has 1 heterocycles. The van der Waals surface area contributed by atoms with Crippen molar-refractivity contribution in [2.75, 3.05) is 26.2 Å². The highest BCUT2D eigenvalue weighted by Crippen LogP contribution is 2.31. The summed E-state index contributed by atoms with van der Waals surface area (Å²) in [6.45, 7) is 8.61. The van der Waals surface area contributed by atoms with Gasteiger partial charge >= 0.3 is 0 Å². The second-order valence-electron chi connectivity index (χ2n) is 7.87. The lowest BCUT2D eigenvalue weighted by Crippen LogP contribution is -2.24. The van der Waals surface area contributed by atoms with Crippen molar-refractivity contribution in [3.63, 3.8) is 0 Å². The third-order valence-corrected chi connectivity index (χ3v) is 5.94. The smallest absolute Gasteiger partial charge is 0.120 e. The van der Waals surface area contributed by atoms with Gasteiger partial charge in [-0.25, -0.2) is 0 Å². The molecule has 3 nitrogen and oxygen atoms in total. The first-order valence-electron chi connectivity index (χ1n) is 11.4. The van der Waals surface area contributed by atoms with Crippen LogP contribution in [0.4, 0.5) is 0 Å². The molecule has 160 valence electrons. The predicted molar refractivity (Wildman–Crippen MR) is 131 cm³/mol. The first-order valence-corrected chi connectivity index (χ1v) is 11.4. The zero-order chi connectivity index (χ0) is 21.5. The van der Waals surface area contributed by atoms with Gasteiger partial charge in [0.2, 0.25) is 0 Å². The number of para-hydroxylation sites is 1. The van der Waals surface area contributed by atoms with Gasteiger partial charge in [0.05, 0.1) is 17.8 Å². The van der Waals surface area contributed by atoms with E-state index < -0.39 is 0 Å². The van der Waals surface area contributed by atoms with Gasteiger partial charge in [-0.3, -0.25) is 0 Å². The average Bonchev–Trinajstić information content (AvgIpc) is 3.25. The number of unbranched alkanes of at least 4 members (excludes halogenated alkanes) is 1. The highest BCUT2D eigenvalue weighted by atomic mass is 16.5. The van der Waals surface area contributed by atoms with Gasteiger partial charge in [0.1, 0.15) is 5.75 Å². The molecule has 4 rings (SSSR count). The topological polar surface area (TPSA) is 17.4 Å². The van der Waals surface area contributed by atoms with Gasteiger partial charge in [-0.15, -0.1) is 0 Å². The summed E-state index contributed by atoms with van der Waals surface area (Å²) in [5.74, 6) is 0.949. The molecule has 0 fully saturated rings. The van der Waals surface area contributed by atoms with Crippen molar-refractivity contribution in [2.24, 2.45) is 0 Å². The van der Waals surface area contributed by atoms with Crippen molar-refractivity contribution < 1.29 is 4.74 Å². The Kier molecular flexibility index (Phi) is 7.06. The van der Waals surface area contributed by atoms with E-state index in [1.54, 1.807) is 0 Å². The number of aromatic nitrogens is 1. The Labute approximate surface area is 185 Å². The number of fused-ring (bicyclic) bond motifs is 1. The van der Waals surface area contributed by atoms with Crippen molar-refractivity contribution >= 4 is 10.9 Å². The lowest BCUT2D eigenvalue weighted by molar-refractivity contribution is 0.266.